The first-order valence-corrected chi connectivity index (χ1v) is 8.02. The van der Waals surface area contributed by atoms with Gasteiger partial charge in [0.25, 0.3) is 0 Å². The Morgan fingerprint density at radius 1 is 1.40 bits per heavy atom. The minimum atomic E-state index is -0.391. The maximum Gasteiger partial charge on any atom is 0.104 e. The molecule has 0 saturated carbocycles. The lowest BCUT2D eigenvalue weighted by atomic mass is 9.96. The minimum Gasteiger partial charge on any atom is -0.378 e. The van der Waals surface area contributed by atoms with Crippen LogP contribution in [0.2, 0.25) is 0 Å². The summed E-state index contributed by atoms with van der Waals surface area (Å²) in [6.07, 6.45) is 4.74. The van der Waals surface area contributed by atoms with E-state index in [-0.39, 0.29) is 0 Å². The fraction of sp³-hybridized carbons (Fsp3) is 0.938. The van der Waals surface area contributed by atoms with E-state index in [4.69, 9.17) is 4.74 Å². The molecule has 1 atom stereocenters. The van der Waals surface area contributed by atoms with Crippen molar-refractivity contribution < 1.29 is 4.74 Å². The third-order valence-corrected chi connectivity index (χ3v) is 3.94. The van der Waals surface area contributed by atoms with Gasteiger partial charge in [-0.15, -0.1) is 0 Å². The van der Waals surface area contributed by atoms with Gasteiger partial charge < -0.3 is 9.64 Å². The van der Waals surface area contributed by atoms with Crippen molar-refractivity contribution in [1.82, 2.24) is 10.2 Å². The van der Waals surface area contributed by atoms with Crippen LogP contribution in [0.25, 0.3) is 0 Å². The van der Waals surface area contributed by atoms with Crippen LogP contribution in [-0.2, 0) is 4.74 Å². The second-order valence-electron chi connectivity index (χ2n) is 6.34. The van der Waals surface area contributed by atoms with Crippen molar-refractivity contribution in [2.45, 2.75) is 71.1 Å². The molecule has 0 spiro atoms. The maximum atomic E-state index is 9.32. The quantitative estimate of drug-likeness (QED) is 0.743. The Morgan fingerprint density at radius 3 is 2.55 bits per heavy atom. The average Bonchev–Trinajstić information content (AvgIpc) is 2.40. The zero-order valence-electron chi connectivity index (χ0n) is 13.6. The third kappa shape index (κ3) is 6.21. The second kappa shape index (κ2) is 8.61. The molecule has 116 valence electrons. The largest absolute Gasteiger partial charge is 0.378 e. The van der Waals surface area contributed by atoms with Crippen LogP contribution >= 0.6 is 0 Å². The number of ether oxygens (including phenoxy) is 1. The molecule has 1 aliphatic heterocycles. The summed E-state index contributed by atoms with van der Waals surface area (Å²) in [6, 6.07) is 2.77. The van der Waals surface area contributed by atoms with E-state index in [1.165, 1.54) is 0 Å². The maximum absolute atomic E-state index is 9.32. The predicted molar refractivity (Wildman–Crippen MR) is 82.6 cm³/mol. The molecular formula is C16H31N3O. The number of hydrogen-bond acceptors (Lipinski definition) is 4. The van der Waals surface area contributed by atoms with E-state index in [1.807, 2.05) is 6.92 Å². The molecule has 1 heterocycles. The third-order valence-electron chi connectivity index (χ3n) is 3.94. The molecule has 20 heavy (non-hydrogen) atoms. The van der Waals surface area contributed by atoms with E-state index in [0.29, 0.717) is 12.1 Å². The van der Waals surface area contributed by atoms with Gasteiger partial charge in [-0.2, -0.15) is 5.26 Å². The molecule has 1 saturated heterocycles. The topological polar surface area (TPSA) is 48.3 Å². The number of nitrogens with one attached hydrogen (secondary N) is 1. The SMILES string of the molecule is CCOC1CCN(CCCC(C)(C#N)NC(C)C)CC1. The lowest BCUT2D eigenvalue weighted by Crippen LogP contribution is -2.45. The molecule has 1 N–H and O–H groups in total. The number of piperidine rings is 1. The fourth-order valence-corrected chi connectivity index (χ4v) is 2.99. The van der Waals surface area contributed by atoms with Crippen LogP contribution in [0.1, 0.15) is 53.4 Å². The van der Waals surface area contributed by atoms with Gasteiger partial charge in [0.1, 0.15) is 5.54 Å². The Morgan fingerprint density at radius 2 is 2.05 bits per heavy atom. The molecule has 0 aromatic carbocycles. The molecule has 0 aliphatic carbocycles. The highest BCUT2D eigenvalue weighted by Crippen LogP contribution is 2.17. The van der Waals surface area contributed by atoms with E-state index in [1.54, 1.807) is 0 Å². The molecular weight excluding hydrogens is 250 g/mol. The van der Waals surface area contributed by atoms with Gasteiger partial charge in [0.15, 0.2) is 0 Å². The lowest BCUT2D eigenvalue weighted by molar-refractivity contribution is 0.0137. The van der Waals surface area contributed by atoms with Crippen LogP contribution in [0.15, 0.2) is 0 Å². The smallest absolute Gasteiger partial charge is 0.104 e. The first kappa shape index (κ1) is 17.4. The standard InChI is InChI=1S/C16H31N3O/c1-5-20-15-7-11-19(12-8-15)10-6-9-16(4,13-17)18-14(2)3/h14-15,18H,5-12H2,1-4H3. The Bertz CT molecular complexity index is 305. The zero-order valence-corrected chi connectivity index (χ0v) is 13.6. The van der Waals surface area contributed by atoms with Gasteiger partial charge in [-0.25, -0.2) is 0 Å². The number of hydrogen-bond donors (Lipinski definition) is 1. The summed E-state index contributed by atoms with van der Waals surface area (Å²) in [5, 5.41) is 12.7. The van der Waals surface area contributed by atoms with Gasteiger partial charge >= 0.3 is 0 Å². The van der Waals surface area contributed by atoms with Crippen molar-refractivity contribution in [3.63, 3.8) is 0 Å². The normalized spacial score (nSPS) is 20.8. The Labute approximate surface area is 124 Å². The van der Waals surface area contributed by atoms with Gasteiger partial charge in [-0.3, -0.25) is 5.32 Å². The van der Waals surface area contributed by atoms with E-state index in [2.05, 4.69) is 37.1 Å². The first-order chi connectivity index (χ1) is 9.49. The highest BCUT2D eigenvalue weighted by molar-refractivity contribution is 5.04. The zero-order chi connectivity index (χ0) is 15.0. The second-order valence-corrected chi connectivity index (χ2v) is 6.34. The van der Waals surface area contributed by atoms with Gasteiger partial charge in [0.05, 0.1) is 12.2 Å². The van der Waals surface area contributed by atoms with E-state index < -0.39 is 5.54 Å². The Balaban J connectivity index is 2.23. The summed E-state index contributed by atoms with van der Waals surface area (Å²) in [7, 11) is 0. The molecule has 0 aromatic rings. The van der Waals surface area contributed by atoms with Crippen molar-refractivity contribution in [3.8, 4) is 6.07 Å². The van der Waals surface area contributed by atoms with Crippen molar-refractivity contribution in [2.75, 3.05) is 26.2 Å². The summed E-state index contributed by atoms with van der Waals surface area (Å²) >= 11 is 0. The molecule has 1 rings (SSSR count). The number of nitrogens with zero attached hydrogens (tertiary/aromatic N) is 2. The summed E-state index contributed by atoms with van der Waals surface area (Å²) in [5.74, 6) is 0. The average molecular weight is 281 g/mol. The fourth-order valence-electron chi connectivity index (χ4n) is 2.99. The molecule has 0 bridgehead atoms. The van der Waals surface area contributed by atoms with Crippen LogP contribution in [0.5, 0.6) is 0 Å². The van der Waals surface area contributed by atoms with Crippen LogP contribution < -0.4 is 5.32 Å². The molecule has 1 aliphatic rings. The summed E-state index contributed by atoms with van der Waals surface area (Å²) < 4.78 is 5.67. The monoisotopic (exact) mass is 281 g/mol. The van der Waals surface area contributed by atoms with Gasteiger partial charge in [-0.05, 0) is 59.9 Å². The molecule has 0 radical (unpaired) electrons. The highest BCUT2D eigenvalue weighted by atomic mass is 16.5. The van der Waals surface area contributed by atoms with Crippen LogP contribution in [0.3, 0.4) is 0 Å². The molecule has 0 amide bonds. The molecule has 1 unspecified atom stereocenters. The Hall–Kier alpha value is -0.630. The van der Waals surface area contributed by atoms with Crippen molar-refractivity contribution in [1.29, 1.82) is 5.26 Å². The minimum absolute atomic E-state index is 0.349. The molecule has 4 heteroatoms. The van der Waals surface area contributed by atoms with Crippen LogP contribution in [0, 0.1) is 11.3 Å². The number of likely N-dealkylation sites (tertiary alicyclic amines) is 1. The van der Waals surface area contributed by atoms with E-state index >= 15 is 0 Å². The Kier molecular flexibility index (Phi) is 7.50. The van der Waals surface area contributed by atoms with Crippen molar-refractivity contribution in [2.24, 2.45) is 0 Å². The predicted octanol–water partition coefficient (Wildman–Crippen LogP) is 2.55. The summed E-state index contributed by atoms with van der Waals surface area (Å²) in [5.41, 5.74) is -0.391. The number of rotatable bonds is 8. The number of nitriles is 1. The lowest BCUT2D eigenvalue weighted by Gasteiger charge is -2.32. The molecule has 4 nitrogen and oxygen atoms in total. The van der Waals surface area contributed by atoms with Crippen molar-refractivity contribution in [3.05, 3.63) is 0 Å². The molecule has 1 fully saturated rings. The first-order valence-electron chi connectivity index (χ1n) is 8.02. The molecule has 0 aromatic heterocycles. The summed E-state index contributed by atoms with van der Waals surface area (Å²) in [6.45, 7) is 12.4. The van der Waals surface area contributed by atoms with Gasteiger partial charge in [-0.1, -0.05) is 0 Å². The van der Waals surface area contributed by atoms with Gasteiger partial charge in [0.2, 0.25) is 0 Å². The van der Waals surface area contributed by atoms with E-state index in [9.17, 15) is 5.26 Å². The van der Waals surface area contributed by atoms with Crippen LogP contribution in [-0.4, -0.2) is 48.8 Å². The summed E-state index contributed by atoms with van der Waals surface area (Å²) in [4.78, 5) is 2.50. The van der Waals surface area contributed by atoms with Gasteiger partial charge in [0, 0.05) is 25.7 Å². The van der Waals surface area contributed by atoms with E-state index in [0.717, 1.165) is 51.9 Å². The van der Waals surface area contributed by atoms with Crippen molar-refractivity contribution >= 4 is 0 Å². The highest BCUT2D eigenvalue weighted by Gasteiger charge is 2.25. The van der Waals surface area contributed by atoms with Crippen LogP contribution in [0.4, 0.5) is 0 Å².